The largest absolute Gasteiger partial charge is 0.389 e. The Bertz CT molecular complexity index is 584. The molecule has 2 aromatic rings. The fourth-order valence-electron chi connectivity index (χ4n) is 2.72. The molecular weight excluding hydrogens is 241 g/mol. The van der Waals surface area contributed by atoms with Gasteiger partial charge in [0.05, 0.1) is 6.10 Å². The minimum Gasteiger partial charge on any atom is -0.389 e. The first-order chi connectivity index (χ1) is 9.16. The lowest BCUT2D eigenvalue weighted by atomic mass is 10.1. The lowest BCUT2D eigenvalue weighted by Crippen LogP contribution is -2.18. The summed E-state index contributed by atoms with van der Waals surface area (Å²) in [6.45, 7) is 3.13. The van der Waals surface area contributed by atoms with Crippen molar-refractivity contribution < 1.29 is 9.50 Å². The summed E-state index contributed by atoms with van der Waals surface area (Å²) >= 11 is 0. The van der Waals surface area contributed by atoms with E-state index in [4.69, 9.17) is 0 Å². The van der Waals surface area contributed by atoms with Crippen molar-refractivity contribution in [2.45, 2.75) is 26.1 Å². The molecule has 0 bridgehead atoms. The Morgan fingerprint density at radius 2 is 1.68 bits per heavy atom. The molecule has 1 aliphatic heterocycles. The standard InChI is InChI=1S/C16H16FNO/c1-11(19)16-14(17)7-4-8-15(16)18-9-12-5-2-3-6-13(12)10-18/h2-8,11,19H,9-10H2,1H3/t11-/m0/s1. The van der Waals surface area contributed by atoms with Crippen molar-refractivity contribution in [2.24, 2.45) is 0 Å². The fraction of sp³-hybridized carbons (Fsp3) is 0.250. The van der Waals surface area contributed by atoms with Crippen LogP contribution < -0.4 is 4.90 Å². The van der Waals surface area contributed by atoms with Crippen LogP contribution in [0, 0.1) is 5.82 Å². The molecule has 3 heteroatoms. The molecule has 1 aliphatic rings. The predicted molar refractivity (Wildman–Crippen MR) is 73.4 cm³/mol. The van der Waals surface area contributed by atoms with Crippen LogP contribution in [0.15, 0.2) is 42.5 Å². The molecule has 1 atom stereocenters. The number of halogens is 1. The number of aliphatic hydroxyl groups is 1. The van der Waals surface area contributed by atoms with Crippen LogP contribution >= 0.6 is 0 Å². The quantitative estimate of drug-likeness (QED) is 0.891. The van der Waals surface area contributed by atoms with Gasteiger partial charge in [0.25, 0.3) is 0 Å². The first-order valence-electron chi connectivity index (χ1n) is 6.45. The zero-order chi connectivity index (χ0) is 13.4. The summed E-state index contributed by atoms with van der Waals surface area (Å²) in [5.74, 6) is -0.344. The number of hydrogen-bond donors (Lipinski definition) is 1. The molecule has 3 rings (SSSR count). The first kappa shape index (κ1) is 12.2. The van der Waals surface area contributed by atoms with Crippen molar-refractivity contribution in [1.82, 2.24) is 0 Å². The molecule has 2 nitrogen and oxygen atoms in total. The highest BCUT2D eigenvalue weighted by Crippen LogP contribution is 2.34. The molecule has 1 heterocycles. The van der Waals surface area contributed by atoms with E-state index in [9.17, 15) is 9.50 Å². The van der Waals surface area contributed by atoms with E-state index in [0.717, 1.165) is 18.8 Å². The molecule has 2 aromatic carbocycles. The van der Waals surface area contributed by atoms with Crippen LogP contribution in [0.25, 0.3) is 0 Å². The molecule has 0 spiro atoms. The first-order valence-corrected chi connectivity index (χ1v) is 6.45. The van der Waals surface area contributed by atoms with Gasteiger partial charge in [-0.1, -0.05) is 30.3 Å². The number of aliphatic hydroxyl groups excluding tert-OH is 1. The molecule has 0 fully saturated rings. The van der Waals surface area contributed by atoms with E-state index in [1.165, 1.54) is 17.2 Å². The third kappa shape index (κ3) is 2.10. The Hall–Kier alpha value is -1.87. The van der Waals surface area contributed by atoms with Crippen LogP contribution in [0.2, 0.25) is 0 Å². The zero-order valence-corrected chi connectivity index (χ0v) is 10.8. The van der Waals surface area contributed by atoms with E-state index in [1.54, 1.807) is 13.0 Å². The maximum atomic E-state index is 13.9. The highest BCUT2D eigenvalue weighted by Gasteiger charge is 2.23. The molecule has 0 saturated heterocycles. The predicted octanol–water partition coefficient (Wildman–Crippen LogP) is 3.40. The minimum absolute atomic E-state index is 0.344. The van der Waals surface area contributed by atoms with Gasteiger partial charge in [-0.2, -0.15) is 0 Å². The van der Waals surface area contributed by atoms with E-state index in [1.807, 2.05) is 18.2 Å². The second-order valence-electron chi connectivity index (χ2n) is 4.97. The van der Waals surface area contributed by atoms with Crippen LogP contribution in [-0.2, 0) is 13.1 Å². The smallest absolute Gasteiger partial charge is 0.131 e. The number of benzene rings is 2. The van der Waals surface area contributed by atoms with Crippen molar-refractivity contribution in [1.29, 1.82) is 0 Å². The summed E-state index contributed by atoms with van der Waals surface area (Å²) in [7, 11) is 0. The van der Waals surface area contributed by atoms with Gasteiger partial charge in [-0.05, 0) is 30.2 Å². The van der Waals surface area contributed by atoms with Gasteiger partial charge in [-0.15, -0.1) is 0 Å². The van der Waals surface area contributed by atoms with Crippen LogP contribution in [-0.4, -0.2) is 5.11 Å². The van der Waals surface area contributed by atoms with Crippen LogP contribution in [0.4, 0.5) is 10.1 Å². The van der Waals surface area contributed by atoms with Gasteiger partial charge in [0, 0.05) is 24.3 Å². The van der Waals surface area contributed by atoms with Gasteiger partial charge >= 0.3 is 0 Å². The molecular formula is C16H16FNO. The molecule has 0 aliphatic carbocycles. The van der Waals surface area contributed by atoms with E-state index in [2.05, 4.69) is 17.0 Å². The topological polar surface area (TPSA) is 23.5 Å². The average molecular weight is 257 g/mol. The van der Waals surface area contributed by atoms with Crippen LogP contribution in [0.5, 0.6) is 0 Å². The van der Waals surface area contributed by atoms with Crippen molar-refractivity contribution in [3.8, 4) is 0 Å². The normalized spacial score (nSPS) is 15.4. The Morgan fingerprint density at radius 3 is 2.26 bits per heavy atom. The van der Waals surface area contributed by atoms with Gasteiger partial charge in [0.1, 0.15) is 5.82 Å². The molecule has 0 aromatic heterocycles. The molecule has 0 unspecified atom stereocenters. The summed E-state index contributed by atoms with van der Waals surface area (Å²) in [5, 5.41) is 9.80. The van der Waals surface area contributed by atoms with Gasteiger partial charge in [-0.25, -0.2) is 4.39 Å². The van der Waals surface area contributed by atoms with E-state index >= 15 is 0 Å². The summed E-state index contributed by atoms with van der Waals surface area (Å²) in [4.78, 5) is 2.11. The number of rotatable bonds is 2. The Balaban J connectivity index is 2.00. The third-order valence-corrected chi connectivity index (χ3v) is 3.63. The maximum absolute atomic E-state index is 13.9. The average Bonchev–Trinajstić information content (AvgIpc) is 2.81. The molecule has 0 amide bonds. The number of hydrogen-bond acceptors (Lipinski definition) is 2. The summed E-state index contributed by atoms with van der Waals surface area (Å²) in [6.07, 6.45) is -0.806. The monoisotopic (exact) mass is 257 g/mol. The van der Waals surface area contributed by atoms with Crippen molar-refractivity contribution in [2.75, 3.05) is 4.90 Å². The Kier molecular flexibility index (Phi) is 2.99. The van der Waals surface area contributed by atoms with Gasteiger partial charge in [0.15, 0.2) is 0 Å². The van der Waals surface area contributed by atoms with Gasteiger partial charge in [-0.3, -0.25) is 0 Å². The summed E-state index contributed by atoms with van der Waals surface area (Å²) in [6, 6.07) is 13.2. The highest BCUT2D eigenvalue weighted by molar-refractivity contribution is 5.58. The Labute approximate surface area is 112 Å². The van der Waals surface area contributed by atoms with E-state index in [0.29, 0.717) is 5.56 Å². The molecule has 19 heavy (non-hydrogen) atoms. The summed E-state index contributed by atoms with van der Waals surface area (Å²) < 4.78 is 13.9. The Morgan fingerprint density at radius 1 is 1.05 bits per heavy atom. The molecule has 0 saturated carbocycles. The maximum Gasteiger partial charge on any atom is 0.131 e. The molecule has 0 radical (unpaired) electrons. The molecule has 1 N–H and O–H groups in total. The van der Waals surface area contributed by atoms with Gasteiger partial charge in [0.2, 0.25) is 0 Å². The third-order valence-electron chi connectivity index (χ3n) is 3.63. The fourth-order valence-corrected chi connectivity index (χ4v) is 2.72. The lowest BCUT2D eigenvalue weighted by Gasteiger charge is -2.23. The number of nitrogens with zero attached hydrogens (tertiary/aromatic N) is 1. The van der Waals surface area contributed by atoms with Gasteiger partial charge < -0.3 is 10.0 Å². The zero-order valence-electron chi connectivity index (χ0n) is 10.8. The molecule has 98 valence electrons. The van der Waals surface area contributed by atoms with E-state index in [-0.39, 0.29) is 5.82 Å². The summed E-state index contributed by atoms with van der Waals surface area (Å²) in [5.41, 5.74) is 3.70. The van der Waals surface area contributed by atoms with Crippen LogP contribution in [0.3, 0.4) is 0 Å². The van der Waals surface area contributed by atoms with Crippen molar-refractivity contribution >= 4 is 5.69 Å². The number of fused-ring (bicyclic) bond motifs is 1. The van der Waals surface area contributed by atoms with Crippen molar-refractivity contribution in [3.05, 3.63) is 65.0 Å². The van der Waals surface area contributed by atoms with Crippen LogP contribution in [0.1, 0.15) is 29.7 Å². The van der Waals surface area contributed by atoms with Crippen molar-refractivity contribution in [3.63, 3.8) is 0 Å². The van der Waals surface area contributed by atoms with E-state index < -0.39 is 6.10 Å². The SMILES string of the molecule is C[C@H](O)c1c(F)cccc1N1Cc2ccccc2C1. The second-order valence-corrected chi connectivity index (χ2v) is 4.97. The minimum atomic E-state index is -0.806. The second kappa shape index (κ2) is 4.67. The highest BCUT2D eigenvalue weighted by atomic mass is 19.1. The lowest BCUT2D eigenvalue weighted by molar-refractivity contribution is 0.194. The number of anilines is 1.